The normalized spacial score (nSPS) is 12.6. The van der Waals surface area contributed by atoms with Gasteiger partial charge in [-0.15, -0.1) is 10.2 Å². The lowest BCUT2D eigenvalue weighted by molar-refractivity contribution is 0.0938. The van der Waals surface area contributed by atoms with E-state index in [0.29, 0.717) is 5.39 Å². The first-order chi connectivity index (χ1) is 15.1. The number of rotatable bonds is 5. The molecule has 10 nitrogen and oxygen atoms in total. The zero-order chi connectivity index (χ0) is 23.0. The highest BCUT2D eigenvalue weighted by atomic mass is 31.2. The van der Waals surface area contributed by atoms with Crippen molar-refractivity contribution in [2.24, 2.45) is 0 Å². The quantitative estimate of drug-likeness (QED) is 0.385. The SMILES string of the molecule is Cc1ccc(C(=O)N[C@H](c2nnc(-c3cc(=O)c4cc(C)ccc4o3)o2)P(=O)(O)O)cc1. The summed E-state index contributed by atoms with van der Waals surface area (Å²) in [4.78, 5) is 44.4. The first-order valence-corrected chi connectivity index (χ1v) is 11.1. The van der Waals surface area contributed by atoms with Gasteiger partial charge in [0.2, 0.25) is 5.78 Å². The summed E-state index contributed by atoms with van der Waals surface area (Å²) >= 11 is 0. The van der Waals surface area contributed by atoms with Crippen LogP contribution in [0.25, 0.3) is 22.6 Å². The minimum atomic E-state index is -4.93. The average Bonchev–Trinajstić information content (AvgIpc) is 3.21. The second-order valence-corrected chi connectivity index (χ2v) is 8.95. The molecule has 0 fully saturated rings. The Morgan fingerprint density at radius 2 is 1.69 bits per heavy atom. The van der Waals surface area contributed by atoms with Crippen LogP contribution in [-0.4, -0.2) is 25.9 Å². The number of carbonyl (C=O) groups is 1. The average molecular weight is 455 g/mol. The van der Waals surface area contributed by atoms with Crippen LogP contribution in [0.5, 0.6) is 0 Å². The lowest BCUT2D eigenvalue weighted by atomic mass is 10.1. The molecule has 0 bridgehead atoms. The largest absolute Gasteiger partial charge is 0.451 e. The Hall–Kier alpha value is -3.59. The van der Waals surface area contributed by atoms with E-state index in [2.05, 4.69) is 15.5 Å². The molecule has 1 atom stereocenters. The van der Waals surface area contributed by atoms with Crippen molar-refractivity contribution < 1.29 is 28.0 Å². The van der Waals surface area contributed by atoms with Crippen molar-refractivity contribution in [3.63, 3.8) is 0 Å². The third-order valence-corrected chi connectivity index (χ3v) is 5.71. The zero-order valence-electron chi connectivity index (χ0n) is 17.0. The number of aryl methyl sites for hydroxylation is 2. The zero-order valence-corrected chi connectivity index (χ0v) is 17.9. The number of benzene rings is 2. The Bertz CT molecular complexity index is 1420. The summed E-state index contributed by atoms with van der Waals surface area (Å²) < 4.78 is 23.1. The molecule has 32 heavy (non-hydrogen) atoms. The number of amides is 1. The van der Waals surface area contributed by atoms with E-state index in [1.165, 1.54) is 12.1 Å². The van der Waals surface area contributed by atoms with E-state index in [4.69, 9.17) is 8.83 Å². The molecule has 0 saturated carbocycles. The van der Waals surface area contributed by atoms with Gasteiger partial charge in [0, 0.05) is 11.6 Å². The van der Waals surface area contributed by atoms with Gasteiger partial charge in [0.25, 0.3) is 17.7 Å². The van der Waals surface area contributed by atoms with Crippen molar-refractivity contribution in [1.29, 1.82) is 0 Å². The lowest BCUT2D eigenvalue weighted by Gasteiger charge is -2.16. The molecule has 164 valence electrons. The first-order valence-electron chi connectivity index (χ1n) is 9.43. The molecule has 0 saturated heterocycles. The summed E-state index contributed by atoms with van der Waals surface area (Å²) in [6.45, 7) is 3.68. The molecule has 0 aliphatic carbocycles. The van der Waals surface area contributed by atoms with Crippen molar-refractivity contribution in [2.45, 2.75) is 19.6 Å². The summed E-state index contributed by atoms with van der Waals surface area (Å²) in [5.41, 5.74) is 1.94. The fourth-order valence-electron chi connectivity index (χ4n) is 3.02. The fourth-order valence-corrected chi connectivity index (χ4v) is 3.70. The first kappa shape index (κ1) is 21.6. The summed E-state index contributed by atoms with van der Waals surface area (Å²) in [7, 11) is -4.93. The maximum absolute atomic E-state index is 12.5. The summed E-state index contributed by atoms with van der Waals surface area (Å²) in [5.74, 6) is -3.47. The fraction of sp³-hybridized carbons (Fsp3) is 0.143. The van der Waals surface area contributed by atoms with E-state index in [1.54, 1.807) is 30.3 Å². The van der Waals surface area contributed by atoms with Gasteiger partial charge < -0.3 is 23.9 Å². The molecule has 11 heteroatoms. The Morgan fingerprint density at radius 3 is 2.38 bits per heavy atom. The van der Waals surface area contributed by atoms with Crippen LogP contribution in [-0.2, 0) is 4.57 Å². The van der Waals surface area contributed by atoms with E-state index in [9.17, 15) is 23.9 Å². The van der Waals surface area contributed by atoms with Crippen molar-refractivity contribution in [3.8, 4) is 11.7 Å². The van der Waals surface area contributed by atoms with Gasteiger partial charge in [-0.05, 0) is 38.1 Å². The van der Waals surface area contributed by atoms with Gasteiger partial charge in [-0.25, -0.2) is 0 Å². The molecule has 4 aromatic rings. The molecular formula is C21H18N3O7P. The molecule has 2 aromatic carbocycles. The molecule has 4 rings (SSSR count). The molecular weight excluding hydrogens is 437 g/mol. The molecule has 0 radical (unpaired) electrons. The predicted octanol–water partition coefficient (Wildman–Crippen LogP) is 3.07. The molecule has 1 amide bonds. The lowest BCUT2D eigenvalue weighted by Crippen LogP contribution is -2.28. The molecule has 0 spiro atoms. The number of nitrogens with zero attached hydrogens (tertiary/aromatic N) is 2. The van der Waals surface area contributed by atoms with Crippen LogP contribution in [0.15, 0.2) is 62.2 Å². The van der Waals surface area contributed by atoms with Crippen LogP contribution in [0.1, 0.15) is 33.2 Å². The van der Waals surface area contributed by atoms with Crippen LogP contribution in [0.4, 0.5) is 0 Å². The third kappa shape index (κ3) is 4.38. The third-order valence-electron chi connectivity index (χ3n) is 4.69. The Morgan fingerprint density at radius 1 is 1.00 bits per heavy atom. The van der Waals surface area contributed by atoms with Gasteiger partial charge in [0.1, 0.15) is 5.58 Å². The second-order valence-electron chi connectivity index (χ2n) is 7.25. The van der Waals surface area contributed by atoms with E-state index in [0.717, 1.165) is 17.2 Å². The van der Waals surface area contributed by atoms with Gasteiger partial charge in [-0.1, -0.05) is 29.3 Å². The van der Waals surface area contributed by atoms with Crippen LogP contribution >= 0.6 is 7.60 Å². The van der Waals surface area contributed by atoms with E-state index in [1.807, 2.05) is 13.8 Å². The van der Waals surface area contributed by atoms with Crippen molar-refractivity contribution >= 4 is 24.5 Å². The number of nitrogens with one attached hydrogen (secondary N) is 1. The minimum Gasteiger partial charge on any atom is -0.451 e. The summed E-state index contributed by atoms with van der Waals surface area (Å²) in [6.07, 6.45) is 0. The minimum absolute atomic E-state index is 0.0700. The van der Waals surface area contributed by atoms with E-state index < -0.39 is 25.2 Å². The number of hydrogen-bond acceptors (Lipinski definition) is 7. The van der Waals surface area contributed by atoms with Gasteiger partial charge in [-0.3, -0.25) is 14.2 Å². The molecule has 0 unspecified atom stereocenters. The second kappa shape index (κ2) is 8.16. The van der Waals surface area contributed by atoms with Crippen molar-refractivity contribution in [1.82, 2.24) is 15.5 Å². The number of aromatic nitrogens is 2. The number of fused-ring (bicyclic) bond motifs is 1. The van der Waals surface area contributed by atoms with Crippen LogP contribution in [0.3, 0.4) is 0 Å². The number of hydrogen-bond donors (Lipinski definition) is 3. The smallest absolute Gasteiger partial charge is 0.357 e. The molecule has 0 aliphatic heterocycles. The summed E-state index contributed by atoms with van der Waals surface area (Å²) in [6, 6.07) is 12.6. The highest BCUT2D eigenvalue weighted by Crippen LogP contribution is 2.49. The molecule has 2 heterocycles. The van der Waals surface area contributed by atoms with Crippen LogP contribution in [0.2, 0.25) is 0 Å². The predicted molar refractivity (Wildman–Crippen MR) is 114 cm³/mol. The van der Waals surface area contributed by atoms with Gasteiger partial charge >= 0.3 is 7.60 Å². The molecule has 3 N–H and O–H groups in total. The van der Waals surface area contributed by atoms with Crippen LogP contribution < -0.4 is 10.7 Å². The molecule has 2 aromatic heterocycles. The standard InChI is InChI=1S/C21H18N3O7P/c1-11-3-6-13(7-4-11)18(26)22-21(32(27,28)29)20-24-23-19(31-20)17-10-15(25)14-9-12(2)5-8-16(14)30-17/h3-10,21H,1-2H3,(H,22,26)(H2,27,28,29)/t21-/m0/s1. The number of carbonyl (C=O) groups excluding carboxylic acids is 1. The van der Waals surface area contributed by atoms with Crippen molar-refractivity contribution in [2.75, 3.05) is 0 Å². The maximum Gasteiger partial charge on any atom is 0.357 e. The van der Waals surface area contributed by atoms with Gasteiger partial charge in [0.15, 0.2) is 11.2 Å². The molecule has 0 aliphatic rings. The van der Waals surface area contributed by atoms with E-state index in [-0.39, 0.29) is 28.2 Å². The van der Waals surface area contributed by atoms with Gasteiger partial charge in [0.05, 0.1) is 5.39 Å². The monoisotopic (exact) mass is 455 g/mol. The Balaban J connectivity index is 1.68. The van der Waals surface area contributed by atoms with E-state index >= 15 is 0 Å². The van der Waals surface area contributed by atoms with Crippen molar-refractivity contribution in [3.05, 3.63) is 81.3 Å². The summed E-state index contributed by atoms with van der Waals surface area (Å²) in [5, 5.41) is 9.99. The van der Waals surface area contributed by atoms with Crippen LogP contribution in [0, 0.1) is 13.8 Å². The highest BCUT2D eigenvalue weighted by molar-refractivity contribution is 7.52. The Labute approximate surface area is 181 Å². The topological polar surface area (TPSA) is 156 Å². The maximum atomic E-state index is 12.5. The highest BCUT2D eigenvalue weighted by Gasteiger charge is 2.37. The Kier molecular flexibility index (Phi) is 5.52. The van der Waals surface area contributed by atoms with Gasteiger partial charge in [-0.2, -0.15) is 0 Å².